The summed E-state index contributed by atoms with van der Waals surface area (Å²) in [4.78, 5) is 0. The van der Waals surface area contributed by atoms with E-state index in [9.17, 15) is 21.6 Å². The molecule has 2 unspecified atom stereocenters. The second-order valence-corrected chi connectivity index (χ2v) is 6.01. The number of aliphatic hydroxyl groups excluding tert-OH is 1. The number of hydrogen-bond acceptors (Lipinski definition) is 3. The van der Waals surface area contributed by atoms with Gasteiger partial charge in [-0.2, -0.15) is 13.2 Å². The summed E-state index contributed by atoms with van der Waals surface area (Å²) in [6.45, 7) is 3.06. The molecule has 0 aliphatic carbocycles. The van der Waals surface area contributed by atoms with Crippen LogP contribution >= 0.6 is 0 Å². The highest BCUT2D eigenvalue weighted by Crippen LogP contribution is 2.21. The maximum absolute atomic E-state index is 11.8. The quantitative estimate of drug-likeness (QED) is 0.739. The molecule has 0 aliphatic rings. The molecule has 0 amide bonds. The summed E-state index contributed by atoms with van der Waals surface area (Å²) in [5, 5.41) is 9.02. The Morgan fingerprint density at radius 3 is 2.24 bits per heavy atom. The third-order valence-corrected chi connectivity index (χ3v) is 3.54. The van der Waals surface area contributed by atoms with Crippen LogP contribution in [0.4, 0.5) is 13.2 Å². The predicted molar refractivity (Wildman–Crippen MR) is 58.0 cm³/mol. The summed E-state index contributed by atoms with van der Waals surface area (Å²) in [7, 11) is -3.71. The third-order valence-electron chi connectivity index (χ3n) is 1.95. The molecule has 104 valence electrons. The normalized spacial score (nSPS) is 16.8. The van der Waals surface area contributed by atoms with Gasteiger partial charge in [-0.3, -0.25) is 0 Å². The Bertz CT molecular complexity index is 314. The lowest BCUT2D eigenvalue weighted by atomic mass is 10.2. The topological polar surface area (TPSA) is 66.4 Å². The van der Waals surface area contributed by atoms with E-state index in [-0.39, 0.29) is 6.42 Å². The van der Waals surface area contributed by atoms with Gasteiger partial charge in [0.05, 0.1) is 11.9 Å². The summed E-state index contributed by atoms with van der Waals surface area (Å²) in [6.07, 6.45) is -6.35. The van der Waals surface area contributed by atoms with Gasteiger partial charge >= 0.3 is 6.18 Å². The van der Waals surface area contributed by atoms with Crippen LogP contribution in [0.5, 0.6) is 0 Å². The molecule has 4 nitrogen and oxygen atoms in total. The third kappa shape index (κ3) is 10.5. The molecule has 0 rings (SSSR count). The molecule has 17 heavy (non-hydrogen) atoms. The lowest BCUT2D eigenvalue weighted by Crippen LogP contribution is -2.36. The highest BCUT2D eigenvalue weighted by atomic mass is 32.2. The van der Waals surface area contributed by atoms with Crippen molar-refractivity contribution in [1.82, 2.24) is 4.72 Å². The Hall–Kier alpha value is -0.340. The lowest BCUT2D eigenvalue weighted by molar-refractivity contribution is -0.134. The molecule has 0 aromatic heterocycles. The zero-order valence-corrected chi connectivity index (χ0v) is 10.6. The first-order valence-corrected chi connectivity index (χ1v) is 6.92. The van der Waals surface area contributed by atoms with Crippen molar-refractivity contribution in [3.8, 4) is 0 Å². The summed E-state index contributed by atoms with van der Waals surface area (Å²) >= 11 is 0. The molecule has 0 fully saturated rings. The fourth-order valence-corrected chi connectivity index (χ4v) is 2.74. The van der Waals surface area contributed by atoms with Crippen molar-refractivity contribution < 1.29 is 26.7 Å². The van der Waals surface area contributed by atoms with Crippen LogP contribution in [0.1, 0.15) is 33.1 Å². The smallest absolute Gasteiger partial charge is 0.389 e. The minimum absolute atomic E-state index is 0.221. The van der Waals surface area contributed by atoms with Gasteiger partial charge in [-0.1, -0.05) is 0 Å². The number of hydrogen-bond donors (Lipinski definition) is 2. The predicted octanol–water partition coefficient (Wildman–Crippen LogP) is 1.41. The number of halogens is 3. The average molecular weight is 277 g/mol. The van der Waals surface area contributed by atoms with Crippen molar-refractivity contribution in [2.75, 3.05) is 5.75 Å². The summed E-state index contributed by atoms with van der Waals surface area (Å²) in [5.41, 5.74) is 0. The van der Waals surface area contributed by atoms with E-state index in [2.05, 4.69) is 4.72 Å². The van der Waals surface area contributed by atoms with Gasteiger partial charge in [-0.25, -0.2) is 13.1 Å². The largest absolute Gasteiger partial charge is 0.393 e. The monoisotopic (exact) mass is 277 g/mol. The van der Waals surface area contributed by atoms with Crippen LogP contribution in [0, 0.1) is 0 Å². The van der Waals surface area contributed by atoms with E-state index in [1.807, 2.05) is 0 Å². The molecule has 0 aromatic rings. The van der Waals surface area contributed by atoms with Crippen LogP contribution in [0.15, 0.2) is 0 Å². The highest BCUT2D eigenvalue weighted by Gasteiger charge is 2.27. The summed E-state index contributed by atoms with van der Waals surface area (Å²) in [5.74, 6) is -0.559. The van der Waals surface area contributed by atoms with Gasteiger partial charge in [0, 0.05) is 12.5 Å². The van der Waals surface area contributed by atoms with Gasteiger partial charge in [0.2, 0.25) is 10.0 Å². The maximum Gasteiger partial charge on any atom is 0.389 e. The van der Waals surface area contributed by atoms with Crippen molar-refractivity contribution >= 4 is 10.0 Å². The molecule has 0 radical (unpaired) electrons. The van der Waals surface area contributed by atoms with Crippen LogP contribution in [-0.2, 0) is 10.0 Å². The lowest BCUT2D eigenvalue weighted by Gasteiger charge is -2.15. The minimum atomic E-state index is -4.33. The van der Waals surface area contributed by atoms with Gasteiger partial charge in [0.25, 0.3) is 0 Å². The van der Waals surface area contributed by atoms with Crippen LogP contribution in [0.25, 0.3) is 0 Å². The zero-order valence-electron chi connectivity index (χ0n) is 9.79. The van der Waals surface area contributed by atoms with Gasteiger partial charge in [-0.15, -0.1) is 0 Å². The Kier molecular flexibility index (Phi) is 6.42. The molecule has 0 aliphatic heterocycles. The SMILES string of the molecule is CC(O)CC(C)NS(=O)(=O)CCCC(F)(F)F. The second kappa shape index (κ2) is 6.55. The van der Waals surface area contributed by atoms with Crippen molar-refractivity contribution in [3.05, 3.63) is 0 Å². The van der Waals surface area contributed by atoms with Gasteiger partial charge in [0.15, 0.2) is 0 Å². The van der Waals surface area contributed by atoms with Crippen molar-refractivity contribution in [1.29, 1.82) is 0 Å². The molecule has 0 bridgehead atoms. The number of aliphatic hydroxyl groups is 1. The van der Waals surface area contributed by atoms with E-state index < -0.39 is 46.9 Å². The Labute approximate surface area is 99.3 Å². The summed E-state index contributed by atoms with van der Waals surface area (Å²) in [6, 6.07) is -0.495. The molecule has 0 aromatic carbocycles. The standard InChI is InChI=1S/C9H18F3NO3S/c1-7(6-8(2)14)13-17(15,16)5-3-4-9(10,11)12/h7-8,13-14H,3-6H2,1-2H3. The highest BCUT2D eigenvalue weighted by molar-refractivity contribution is 7.89. The molecule has 0 heterocycles. The Morgan fingerprint density at radius 2 is 1.82 bits per heavy atom. The van der Waals surface area contributed by atoms with Gasteiger partial charge < -0.3 is 5.11 Å². The van der Waals surface area contributed by atoms with Crippen LogP contribution in [-0.4, -0.2) is 37.6 Å². The van der Waals surface area contributed by atoms with Crippen LogP contribution < -0.4 is 4.72 Å². The second-order valence-electron chi connectivity index (χ2n) is 4.14. The number of alkyl halides is 3. The number of nitrogens with one attached hydrogen (secondary N) is 1. The molecule has 0 saturated heterocycles. The number of rotatable bonds is 7. The molecule has 0 spiro atoms. The average Bonchev–Trinajstić information content (AvgIpc) is 1.96. The van der Waals surface area contributed by atoms with Gasteiger partial charge in [0.1, 0.15) is 0 Å². The van der Waals surface area contributed by atoms with E-state index in [1.165, 1.54) is 6.92 Å². The fraction of sp³-hybridized carbons (Fsp3) is 1.00. The van der Waals surface area contributed by atoms with Crippen LogP contribution in [0.3, 0.4) is 0 Å². The zero-order chi connectivity index (χ0) is 13.7. The van der Waals surface area contributed by atoms with Crippen molar-refractivity contribution in [3.63, 3.8) is 0 Å². The first-order valence-electron chi connectivity index (χ1n) is 5.26. The fourth-order valence-electron chi connectivity index (χ4n) is 1.39. The van der Waals surface area contributed by atoms with Crippen molar-refractivity contribution in [2.24, 2.45) is 0 Å². The molecule has 8 heteroatoms. The van der Waals surface area contributed by atoms with Gasteiger partial charge in [-0.05, 0) is 26.7 Å². The Morgan fingerprint density at radius 1 is 1.29 bits per heavy atom. The van der Waals surface area contributed by atoms with E-state index in [4.69, 9.17) is 5.11 Å². The summed E-state index contributed by atoms with van der Waals surface area (Å²) < 4.78 is 60.4. The van der Waals surface area contributed by atoms with E-state index in [1.54, 1.807) is 6.92 Å². The molecule has 0 saturated carbocycles. The minimum Gasteiger partial charge on any atom is -0.393 e. The first kappa shape index (κ1) is 16.7. The molecular weight excluding hydrogens is 259 g/mol. The molecular formula is C9H18F3NO3S. The van der Waals surface area contributed by atoms with E-state index in [0.29, 0.717) is 0 Å². The van der Waals surface area contributed by atoms with Crippen molar-refractivity contribution in [2.45, 2.75) is 51.4 Å². The van der Waals surface area contributed by atoms with E-state index in [0.717, 1.165) is 0 Å². The Balaban J connectivity index is 4.04. The molecule has 2 N–H and O–H groups in total. The van der Waals surface area contributed by atoms with Crippen LogP contribution in [0.2, 0.25) is 0 Å². The first-order chi connectivity index (χ1) is 7.52. The molecule has 2 atom stereocenters. The number of sulfonamides is 1. The maximum atomic E-state index is 11.8. The van der Waals surface area contributed by atoms with E-state index >= 15 is 0 Å².